The van der Waals surface area contributed by atoms with Gasteiger partial charge in [0.1, 0.15) is 6.61 Å². The number of allylic oxidation sites excluding steroid dienone is 4. The van der Waals surface area contributed by atoms with E-state index in [0.29, 0.717) is 12.8 Å². The van der Waals surface area contributed by atoms with Crippen LogP contribution < -0.4 is 0 Å². The molecule has 0 fully saturated rings. The molecule has 0 spiro atoms. The second-order valence-corrected chi connectivity index (χ2v) is 12.9. The number of likely N-dealkylation sites (N-methyl/N-ethyl adjacent to an activating group) is 1. The molecule has 0 aliphatic rings. The van der Waals surface area contributed by atoms with Crippen molar-refractivity contribution in [3.63, 3.8) is 0 Å². The molecule has 0 amide bonds. The minimum atomic E-state index is -0.884. The summed E-state index contributed by atoms with van der Waals surface area (Å²) in [6.07, 6.45) is 29.8. The number of esters is 2. The topological polar surface area (TPSA) is 99.1 Å². The number of nitrogens with zero attached hydrogens (tertiary/aromatic N) is 1. The number of carboxylic acid groups (broad SMARTS) is 1. The second kappa shape index (κ2) is 28.3. The largest absolute Gasteiger partial charge is 0.477 e. The average molecular weight is 625 g/mol. The van der Waals surface area contributed by atoms with Crippen molar-refractivity contribution < 1.29 is 38.2 Å². The van der Waals surface area contributed by atoms with E-state index in [4.69, 9.17) is 14.2 Å². The van der Waals surface area contributed by atoms with E-state index >= 15 is 0 Å². The lowest BCUT2D eigenvalue weighted by atomic mass is 10.1. The van der Waals surface area contributed by atoms with Gasteiger partial charge in [0.15, 0.2) is 12.1 Å². The summed E-state index contributed by atoms with van der Waals surface area (Å²) in [7, 11) is 5.46. The Bertz CT molecular complexity index is 788. The van der Waals surface area contributed by atoms with Gasteiger partial charge in [-0.15, -0.1) is 0 Å². The highest BCUT2D eigenvalue weighted by molar-refractivity contribution is 5.72. The highest BCUT2D eigenvalue weighted by Gasteiger charge is 2.31. The van der Waals surface area contributed by atoms with Crippen molar-refractivity contribution >= 4 is 17.9 Å². The maximum Gasteiger partial charge on any atom is 0.362 e. The number of carboxylic acids is 1. The lowest BCUT2D eigenvalue weighted by Crippen LogP contribution is -2.50. The molecular weight excluding hydrogens is 558 g/mol. The van der Waals surface area contributed by atoms with E-state index in [9.17, 15) is 19.5 Å². The number of aliphatic carboxylic acids is 1. The van der Waals surface area contributed by atoms with Crippen LogP contribution in [0.2, 0.25) is 0 Å². The minimum absolute atomic E-state index is 0.0510. The van der Waals surface area contributed by atoms with Crippen molar-refractivity contribution in [1.82, 2.24) is 0 Å². The molecule has 0 heterocycles. The van der Waals surface area contributed by atoms with E-state index in [2.05, 4.69) is 31.2 Å². The standard InChI is InChI=1S/C36H65NO7/c1-6-7-8-9-10-11-12-13-14-15-16-17-18-19-20-21-22-23-24-25-26-27-35(39)44-33(31-43-32(2)38)30-42-29-28-34(36(40)41)37(3,4)5/h12-13,15-16,33-34H,6-11,14,17-31H2,1-5H3/p+1/b13-12-,16-15-. The summed E-state index contributed by atoms with van der Waals surface area (Å²) in [5, 5.41) is 9.44. The molecular formula is C36H66NO7+. The van der Waals surface area contributed by atoms with E-state index in [1.54, 1.807) is 0 Å². The van der Waals surface area contributed by atoms with Gasteiger partial charge in [0, 0.05) is 19.8 Å². The van der Waals surface area contributed by atoms with Crippen LogP contribution in [0.3, 0.4) is 0 Å². The predicted molar refractivity (Wildman–Crippen MR) is 178 cm³/mol. The molecule has 2 atom stereocenters. The lowest BCUT2D eigenvalue weighted by molar-refractivity contribution is -0.887. The molecule has 1 N–H and O–H groups in total. The molecule has 0 saturated carbocycles. The van der Waals surface area contributed by atoms with Crippen molar-refractivity contribution in [2.24, 2.45) is 0 Å². The molecule has 0 aromatic carbocycles. The first-order chi connectivity index (χ1) is 21.1. The average Bonchev–Trinajstić information content (AvgIpc) is 2.95. The molecule has 256 valence electrons. The Hall–Kier alpha value is -2.19. The summed E-state index contributed by atoms with van der Waals surface area (Å²) in [4.78, 5) is 35.1. The quantitative estimate of drug-likeness (QED) is 0.0372. The van der Waals surface area contributed by atoms with Crippen LogP contribution in [0.1, 0.15) is 136 Å². The zero-order chi connectivity index (χ0) is 32.9. The van der Waals surface area contributed by atoms with Crippen molar-refractivity contribution in [2.75, 3.05) is 41.0 Å². The van der Waals surface area contributed by atoms with Crippen molar-refractivity contribution in [2.45, 2.75) is 148 Å². The highest BCUT2D eigenvalue weighted by Crippen LogP contribution is 2.13. The highest BCUT2D eigenvalue weighted by atomic mass is 16.6. The summed E-state index contributed by atoms with van der Waals surface area (Å²) >= 11 is 0. The predicted octanol–water partition coefficient (Wildman–Crippen LogP) is 8.18. The zero-order valence-corrected chi connectivity index (χ0v) is 28.9. The SMILES string of the molecule is CCCCCCC/C=C\C/C=C\CCCCCCCCCCCC(=O)OC(COCCC(C(=O)O)[N+](C)(C)C)COC(C)=O. The van der Waals surface area contributed by atoms with Crippen LogP contribution >= 0.6 is 0 Å². The maximum absolute atomic E-state index is 12.4. The third-order valence-electron chi connectivity index (χ3n) is 7.66. The molecule has 0 bridgehead atoms. The summed E-state index contributed by atoms with van der Waals surface area (Å²) in [6.45, 7) is 3.73. The van der Waals surface area contributed by atoms with Crippen LogP contribution in [0.25, 0.3) is 0 Å². The van der Waals surface area contributed by atoms with Gasteiger partial charge in [-0.25, -0.2) is 4.79 Å². The van der Waals surface area contributed by atoms with Gasteiger partial charge in [0.05, 0.1) is 34.4 Å². The first-order valence-electron chi connectivity index (χ1n) is 17.3. The number of unbranched alkanes of at least 4 members (excludes halogenated alkanes) is 14. The number of hydrogen-bond acceptors (Lipinski definition) is 6. The monoisotopic (exact) mass is 624 g/mol. The summed E-state index contributed by atoms with van der Waals surface area (Å²) in [5.41, 5.74) is 0. The Morgan fingerprint density at radius 1 is 0.727 bits per heavy atom. The molecule has 8 nitrogen and oxygen atoms in total. The molecule has 2 unspecified atom stereocenters. The zero-order valence-electron chi connectivity index (χ0n) is 28.9. The molecule has 8 heteroatoms. The summed E-state index contributed by atoms with van der Waals surface area (Å²) in [5.74, 6) is -1.67. The number of rotatable bonds is 30. The van der Waals surface area contributed by atoms with Crippen molar-refractivity contribution in [3.05, 3.63) is 24.3 Å². The fourth-order valence-electron chi connectivity index (χ4n) is 4.96. The van der Waals surface area contributed by atoms with E-state index in [1.807, 2.05) is 21.1 Å². The van der Waals surface area contributed by atoms with E-state index in [1.165, 1.54) is 90.4 Å². The Balaban J connectivity index is 3.86. The Kier molecular flexibility index (Phi) is 26.9. The number of carbonyl (C=O) groups excluding carboxylic acids is 2. The van der Waals surface area contributed by atoms with Crippen LogP contribution in [0.5, 0.6) is 0 Å². The van der Waals surface area contributed by atoms with Crippen LogP contribution in [0.15, 0.2) is 24.3 Å². The summed E-state index contributed by atoms with van der Waals surface area (Å²) in [6, 6.07) is -0.607. The van der Waals surface area contributed by atoms with Gasteiger partial charge in [-0.05, 0) is 38.5 Å². The number of ether oxygens (including phenoxy) is 3. The van der Waals surface area contributed by atoms with Crippen molar-refractivity contribution in [3.8, 4) is 0 Å². The van der Waals surface area contributed by atoms with Gasteiger partial charge >= 0.3 is 17.9 Å². The van der Waals surface area contributed by atoms with E-state index in [-0.39, 0.29) is 30.3 Å². The molecule has 0 aliphatic carbocycles. The van der Waals surface area contributed by atoms with Crippen LogP contribution in [0, 0.1) is 0 Å². The van der Waals surface area contributed by atoms with Gasteiger partial charge in [0.2, 0.25) is 0 Å². The van der Waals surface area contributed by atoms with Gasteiger partial charge in [-0.1, -0.05) is 102 Å². The first-order valence-corrected chi connectivity index (χ1v) is 17.3. The van der Waals surface area contributed by atoms with Gasteiger partial charge < -0.3 is 23.8 Å². The van der Waals surface area contributed by atoms with Crippen molar-refractivity contribution in [1.29, 1.82) is 0 Å². The Morgan fingerprint density at radius 2 is 1.25 bits per heavy atom. The molecule has 0 rings (SSSR count). The number of hydrogen-bond donors (Lipinski definition) is 1. The molecule has 0 radical (unpaired) electrons. The van der Waals surface area contributed by atoms with Crippen LogP contribution in [0.4, 0.5) is 0 Å². The Morgan fingerprint density at radius 3 is 1.75 bits per heavy atom. The van der Waals surface area contributed by atoms with E-state index in [0.717, 1.165) is 25.7 Å². The van der Waals surface area contributed by atoms with Crippen LogP contribution in [-0.2, 0) is 28.6 Å². The van der Waals surface area contributed by atoms with Crippen LogP contribution in [-0.4, -0.2) is 80.6 Å². The van der Waals surface area contributed by atoms with Gasteiger partial charge in [0.25, 0.3) is 0 Å². The fourth-order valence-corrected chi connectivity index (χ4v) is 4.96. The molecule has 0 saturated heterocycles. The molecule has 0 aromatic rings. The number of quaternary nitrogens is 1. The Labute approximate surface area is 269 Å². The first kappa shape index (κ1) is 41.8. The third kappa shape index (κ3) is 27.4. The van der Waals surface area contributed by atoms with Gasteiger partial charge in [-0.3, -0.25) is 9.59 Å². The van der Waals surface area contributed by atoms with E-state index < -0.39 is 24.1 Å². The second-order valence-electron chi connectivity index (χ2n) is 12.9. The molecule has 44 heavy (non-hydrogen) atoms. The van der Waals surface area contributed by atoms with Gasteiger partial charge in [-0.2, -0.15) is 0 Å². The molecule has 0 aliphatic heterocycles. The number of carbonyl (C=O) groups is 3. The lowest BCUT2D eigenvalue weighted by Gasteiger charge is -2.31. The summed E-state index contributed by atoms with van der Waals surface area (Å²) < 4.78 is 16.4. The minimum Gasteiger partial charge on any atom is -0.477 e. The maximum atomic E-state index is 12.4. The normalized spacial score (nSPS) is 13.4. The smallest absolute Gasteiger partial charge is 0.362 e. The molecule has 0 aromatic heterocycles. The fraction of sp³-hybridized carbons (Fsp3) is 0.806. The third-order valence-corrected chi connectivity index (χ3v) is 7.66.